The summed E-state index contributed by atoms with van der Waals surface area (Å²) in [7, 11) is -3.31. The van der Waals surface area contributed by atoms with Gasteiger partial charge in [0.2, 0.25) is 10.0 Å². The van der Waals surface area contributed by atoms with Crippen molar-refractivity contribution >= 4 is 21.6 Å². The average molecular weight is 380 g/mol. The van der Waals surface area contributed by atoms with Crippen molar-refractivity contribution in [3.8, 4) is 0 Å². The molecule has 3 rings (SSSR count). The molecule has 0 bridgehead atoms. The van der Waals surface area contributed by atoms with Crippen LogP contribution in [0.2, 0.25) is 0 Å². The monoisotopic (exact) mass is 379 g/mol. The predicted octanol–water partition coefficient (Wildman–Crippen LogP) is 2.00. The summed E-state index contributed by atoms with van der Waals surface area (Å²) >= 11 is 0. The summed E-state index contributed by atoms with van der Waals surface area (Å²) in [5.74, 6) is -0.0683. The Morgan fingerprint density at radius 1 is 1.23 bits per heavy atom. The van der Waals surface area contributed by atoms with Crippen LogP contribution in [0.5, 0.6) is 0 Å². The molecular formula is C19H29N3O3S. The number of carbonyl (C=O) groups excluding carboxylic acids is 1. The Morgan fingerprint density at radius 2 is 1.88 bits per heavy atom. The lowest BCUT2D eigenvalue weighted by atomic mass is 10.0. The standard InChI is InChI=1S/C19H29N3O3S/c1-13(2)21-9-7-17(8-10-21)20-19(23)15-5-6-18-16(12-15)11-14(3)22(18)26(4,24)25/h5-6,12-14,17H,7-11H2,1-4H3,(H,20,23). The van der Waals surface area contributed by atoms with Gasteiger partial charge in [0.1, 0.15) is 0 Å². The molecule has 26 heavy (non-hydrogen) atoms. The number of fused-ring (bicyclic) bond motifs is 1. The fourth-order valence-electron chi connectivity index (χ4n) is 4.08. The fourth-order valence-corrected chi connectivity index (χ4v) is 5.34. The smallest absolute Gasteiger partial charge is 0.251 e. The Kier molecular flexibility index (Phi) is 5.30. The van der Waals surface area contributed by atoms with E-state index in [4.69, 9.17) is 0 Å². The van der Waals surface area contributed by atoms with E-state index in [1.165, 1.54) is 10.6 Å². The van der Waals surface area contributed by atoms with Crippen LogP contribution in [-0.2, 0) is 16.4 Å². The molecule has 1 unspecified atom stereocenters. The van der Waals surface area contributed by atoms with Crippen LogP contribution < -0.4 is 9.62 Å². The maximum Gasteiger partial charge on any atom is 0.251 e. The van der Waals surface area contributed by atoms with Crippen LogP contribution in [0, 0.1) is 0 Å². The van der Waals surface area contributed by atoms with E-state index in [1.807, 2.05) is 13.0 Å². The van der Waals surface area contributed by atoms with E-state index in [2.05, 4.69) is 24.1 Å². The van der Waals surface area contributed by atoms with Gasteiger partial charge in [-0.1, -0.05) is 0 Å². The van der Waals surface area contributed by atoms with Crippen molar-refractivity contribution < 1.29 is 13.2 Å². The molecule has 0 saturated carbocycles. The first kappa shape index (κ1) is 19.2. The van der Waals surface area contributed by atoms with Crippen LogP contribution in [0.3, 0.4) is 0 Å². The van der Waals surface area contributed by atoms with Crippen molar-refractivity contribution in [3.05, 3.63) is 29.3 Å². The molecule has 1 saturated heterocycles. The number of carbonyl (C=O) groups is 1. The van der Waals surface area contributed by atoms with Gasteiger partial charge in [0.15, 0.2) is 0 Å². The van der Waals surface area contributed by atoms with E-state index in [9.17, 15) is 13.2 Å². The lowest BCUT2D eigenvalue weighted by Gasteiger charge is -2.34. The summed E-state index contributed by atoms with van der Waals surface area (Å²) in [6, 6.07) is 5.97. The number of nitrogens with zero attached hydrogens (tertiary/aromatic N) is 2. The SMILES string of the molecule is CC(C)N1CCC(NC(=O)c2ccc3c(c2)CC(C)N3S(C)(=O)=O)CC1. The molecule has 2 aliphatic rings. The highest BCUT2D eigenvalue weighted by molar-refractivity contribution is 7.92. The summed E-state index contributed by atoms with van der Waals surface area (Å²) in [5.41, 5.74) is 2.23. The van der Waals surface area contributed by atoms with E-state index in [-0.39, 0.29) is 18.0 Å². The molecular weight excluding hydrogens is 350 g/mol. The molecule has 0 radical (unpaired) electrons. The predicted molar refractivity (Wildman–Crippen MR) is 104 cm³/mol. The van der Waals surface area contributed by atoms with Gasteiger partial charge in [-0.05, 0) is 63.8 Å². The maximum absolute atomic E-state index is 12.6. The van der Waals surface area contributed by atoms with Gasteiger partial charge in [-0.25, -0.2) is 8.42 Å². The summed E-state index contributed by atoms with van der Waals surface area (Å²) in [4.78, 5) is 15.1. The van der Waals surface area contributed by atoms with Gasteiger partial charge < -0.3 is 10.2 Å². The number of sulfonamides is 1. The normalized spacial score (nSPS) is 21.9. The van der Waals surface area contributed by atoms with Crippen LogP contribution in [0.15, 0.2) is 18.2 Å². The number of rotatable bonds is 4. The number of amides is 1. The number of hydrogen-bond donors (Lipinski definition) is 1. The molecule has 1 aromatic carbocycles. The van der Waals surface area contributed by atoms with Crippen molar-refractivity contribution in [1.29, 1.82) is 0 Å². The summed E-state index contributed by atoms with van der Waals surface area (Å²) in [6.45, 7) is 8.30. The van der Waals surface area contributed by atoms with E-state index in [0.29, 0.717) is 23.7 Å². The third-order valence-corrected chi connectivity index (χ3v) is 6.72. The molecule has 0 spiro atoms. The van der Waals surface area contributed by atoms with Crippen molar-refractivity contribution in [3.63, 3.8) is 0 Å². The first-order valence-corrected chi connectivity index (χ1v) is 11.2. The van der Waals surface area contributed by atoms with Crippen molar-refractivity contribution in [1.82, 2.24) is 10.2 Å². The van der Waals surface area contributed by atoms with Gasteiger partial charge in [-0.15, -0.1) is 0 Å². The molecule has 2 heterocycles. The topological polar surface area (TPSA) is 69.7 Å². The third-order valence-electron chi connectivity index (χ3n) is 5.45. The van der Waals surface area contributed by atoms with Crippen molar-refractivity contribution in [2.45, 2.75) is 58.2 Å². The molecule has 1 aromatic rings. The van der Waals surface area contributed by atoms with Gasteiger partial charge in [0.05, 0.1) is 11.9 Å². The zero-order valence-electron chi connectivity index (χ0n) is 16.0. The minimum Gasteiger partial charge on any atom is -0.349 e. The molecule has 1 amide bonds. The Balaban J connectivity index is 1.68. The second-order valence-electron chi connectivity index (χ2n) is 7.83. The molecule has 6 nitrogen and oxygen atoms in total. The second kappa shape index (κ2) is 7.19. The highest BCUT2D eigenvalue weighted by Gasteiger charge is 2.33. The van der Waals surface area contributed by atoms with Gasteiger partial charge in [0, 0.05) is 36.8 Å². The van der Waals surface area contributed by atoms with Crippen molar-refractivity contribution in [2.24, 2.45) is 0 Å². The summed E-state index contributed by atoms with van der Waals surface area (Å²) in [6.07, 6.45) is 3.79. The number of anilines is 1. The number of hydrogen-bond acceptors (Lipinski definition) is 4. The second-order valence-corrected chi connectivity index (χ2v) is 9.69. The fraction of sp³-hybridized carbons (Fsp3) is 0.632. The molecule has 0 aliphatic carbocycles. The zero-order chi connectivity index (χ0) is 19.1. The van der Waals surface area contributed by atoms with Gasteiger partial charge >= 0.3 is 0 Å². The maximum atomic E-state index is 12.6. The molecule has 1 atom stereocenters. The van der Waals surface area contributed by atoms with E-state index < -0.39 is 10.0 Å². The number of benzene rings is 1. The van der Waals surface area contributed by atoms with E-state index in [0.717, 1.165) is 31.5 Å². The lowest BCUT2D eigenvalue weighted by molar-refractivity contribution is 0.0900. The highest BCUT2D eigenvalue weighted by atomic mass is 32.2. The Labute approximate surface area is 156 Å². The molecule has 144 valence electrons. The number of nitrogens with one attached hydrogen (secondary N) is 1. The summed E-state index contributed by atoms with van der Waals surface area (Å²) < 4.78 is 25.5. The van der Waals surface area contributed by atoms with E-state index >= 15 is 0 Å². The van der Waals surface area contributed by atoms with Crippen LogP contribution in [0.25, 0.3) is 0 Å². The van der Waals surface area contributed by atoms with Gasteiger partial charge in [-0.2, -0.15) is 0 Å². The molecule has 1 N–H and O–H groups in total. The van der Waals surface area contributed by atoms with Crippen LogP contribution >= 0.6 is 0 Å². The first-order valence-electron chi connectivity index (χ1n) is 9.34. The number of piperidine rings is 1. The molecule has 0 aromatic heterocycles. The largest absolute Gasteiger partial charge is 0.349 e. The number of likely N-dealkylation sites (tertiary alicyclic amines) is 1. The molecule has 1 fully saturated rings. The van der Waals surface area contributed by atoms with Crippen LogP contribution in [0.4, 0.5) is 5.69 Å². The summed E-state index contributed by atoms with van der Waals surface area (Å²) in [5, 5.41) is 3.14. The third kappa shape index (κ3) is 3.88. The van der Waals surface area contributed by atoms with Crippen LogP contribution in [0.1, 0.15) is 49.5 Å². The highest BCUT2D eigenvalue weighted by Crippen LogP contribution is 2.34. The first-order chi connectivity index (χ1) is 12.2. The lowest BCUT2D eigenvalue weighted by Crippen LogP contribution is -2.46. The molecule has 2 aliphatic heterocycles. The minimum absolute atomic E-state index is 0.0683. The average Bonchev–Trinajstić information content (AvgIpc) is 2.90. The Morgan fingerprint density at radius 3 is 2.46 bits per heavy atom. The van der Waals surface area contributed by atoms with E-state index in [1.54, 1.807) is 12.1 Å². The van der Waals surface area contributed by atoms with Gasteiger partial charge in [-0.3, -0.25) is 9.10 Å². The Bertz CT molecular complexity index is 783. The minimum atomic E-state index is -3.31. The zero-order valence-corrected chi connectivity index (χ0v) is 16.8. The Hall–Kier alpha value is -1.60. The van der Waals surface area contributed by atoms with Crippen LogP contribution in [-0.4, -0.2) is 56.7 Å². The molecule has 7 heteroatoms. The quantitative estimate of drug-likeness (QED) is 0.869. The van der Waals surface area contributed by atoms with Gasteiger partial charge in [0.25, 0.3) is 5.91 Å². The van der Waals surface area contributed by atoms with Crippen molar-refractivity contribution in [2.75, 3.05) is 23.7 Å².